The van der Waals surface area contributed by atoms with Crippen LogP contribution in [0.1, 0.15) is 78.6 Å². The molecule has 1 unspecified atom stereocenters. The third-order valence-electron chi connectivity index (χ3n) is 7.18. The second-order valence-corrected chi connectivity index (χ2v) is 15.1. The molecule has 0 fully saturated rings. The number of esters is 1. The van der Waals surface area contributed by atoms with Gasteiger partial charge in [-0.25, -0.2) is 4.79 Å². The van der Waals surface area contributed by atoms with Gasteiger partial charge in [0.25, 0.3) is 8.32 Å². The van der Waals surface area contributed by atoms with E-state index in [1.54, 1.807) is 14.0 Å². The Bertz CT molecular complexity index is 1020. The lowest BCUT2D eigenvalue weighted by atomic mass is 9.94. The first kappa shape index (κ1) is 28.2. The molecule has 0 saturated carbocycles. The first-order chi connectivity index (χ1) is 15.7. The van der Waals surface area contributed by atoms with Crippen LogP contribution in [0.4, 0.5) is 0 Å². The van der Waals surface area contributed by atoms with Crippen molar-refractivity contribution >= 4 is 26.9 Å². The third-order valence-corrected chi connectivity index (χ3v) is 12.1. The summed E-state index contributed by atoms with van der Waals surface area (Å²) in [6, 6.07) is 1.27. The fraction of sp³-hybridized carbons (Fsp3) is 0.625. The largest absolute Gasteiger partial charge is 0.543 e. The van der Waals surface area contributed by atoms with Crippen molar-refractivity contribution in [1.29, 1.82) is 0 Å². The highest BCUT2D eigenvalue weighted by Crippen LogP contribution is 2.48. The summed E-state index contributed by atoms with van der Waals surface area (Å²) in [5.41, 5.74) is 8.02. The summed E-state index contributed by atoms with van der Waals surface area (Å²) in [6.07, 6.45) is 0.340. The van der Waals surface area contributed by atoms with E-state index in [1.807, 2.05) is 13.0 Å². The molecule has 1 heterocycles. The van der Waals surface area contributed by atoms with Crippen LogP contribution in [0, 0.1) is 19.8 Å². The van der Waals surface area contributed by atoms with Crippen molar-refractivity contribution in [3.05, 3.63) is 34.5 Å². The van der Waals surface area contributed by atoms with E-state index >= 15 is 0 Å². The number of nitrogens with zero attached hydrogens (tertiary/aromatic N) is 2. The highest BCUT2D eigenvalue weighted by molar-refractivity contribution is 7.80. The molecule has 10 heteroatoms. The van der Waals surface area contributed by atoms with Gasteiger partial charge in [0.2, 0.25) is 5.89 Å². The number of hydrogen-bond acceptors (Lipinski definition) is 9. The van der Waals surface area contributed by atoms with Gasteiger partial charge in [0.05, 0.1) is 25.8 Å². The van der Waals surface area contributed by atoms with Gasteiger partial charge in [0.1, 0.15) is 11.5 Å². The van der Waals surface area contributed by atoms with Gasteiger partial charge in [-0.1, -0.05) is 32.9 Å². The van der Waals surface area contributed by atoms with Gasteiger partial charge in [0.15, 0.2) is 5.82 Å². The van der Waals surface area contributed by atoms with Crippen molar-refractivity contribution in [3.63, 3.8) is 0 Å². The number of nitrogens with two attached hydrogens (primary N) is 1. The zero-order valence-electron chi connectivity index (χ0n) is 22.0. The lowest BCUT2D eigenvalue weighted by Crippen LogP contribution is -2.48. The van der Waals surface area contributed by atoms with E-state index in [-0.39, 0.29) is 5.04 Å². The molecule has 2 N–H and O–H groups in total. The minimum Gasteiger partial charge on any atom is -0.543 e. The number of carbonyl (C=O) groups is 1. The summed E-state index contributed by atoms with van der Waals surface area (Å²) in [5.74, 6) is 1.83. The number of rotatable bonds is 10. The molecule has 34 heavy (non-hydrogen) atoms. The third kappa shape index (κ3) is 5.60. The molecule has 0 aliphatic carbocycles. The van der Waals surface area contributed by atoms with Crippen molar-refractivity contribution < 1.29 is 23.2 Å². The van der Waals surface area contributed by atoms with E-state index in [4.69, 9.17) is 36.8 Å². The van der Waals surface area contributed by atoms with E-state index < -0.39 is 25.6 Å². The average molecular weight is 510 g/mol. The summed E-state index contributed by atoms with van der Waals surface area (Å²) in [6.45, 7) is 16.8. The second-order valence-electron chi connectivity index (χ2n) is 10.0. The zero-order valence-corrected chi connectivity index (χ0v) is 23.9. The van der Waals surface area contributed by atoms with E-state index in [0.717, 1.165) is 0 Å². The smallest absolute Gasteiger partial charge is 0.338 e. The first-order valence-electron chi connectivity index (χ1n) is 11.4. The molecule has 0 amide bonds. The van der Waals surface area contributed by atoms with Gasteiger partial charge in [0, 0.05) is 22.4 Å². The molecular weight excluding hydrogens is 470 g/mol. The van der Waals surface area contributed by atoms with Gasteiger partial charge < -0.3 is 24.2 Å². The van der Waals surface area contributed by atoms with Gasteiger partial charge in [-0.15, -0.1) is 0 Å². The van der Waals surface area contributed by atoms with E-state index in [1.165, 1.54) is 7.11 Å². The summed E-state index contributed by atoms with van der Waals surface area (Å²) in [4.78, 5) is 17.2. The van der Waals surface area contributed by atoms with Gasteiger partial charge in [-0.3, -0.25) is 0 Å². The van der Waals surface area contributed by atoms with E-state index in [9.17, 15) is 4.79 Å². The predicted molar refractivity (Wildman–Crippen MR) is 138 cm³/mol. The first-order valence-corrected chi connectivity index (χ1v) is 14.8. The molecule has 0 spiro atoms. The second kappa shape index (κ2) is 10.7. The number of ether oxygens (including phenoxy) is 2. The zero-order chi connectivity index (χ0) is 26.0. The minimum atomic E-state index is -2.35. The van der Waals surface area contributed by atoms with Crippen LogP contribution in [-0.2, 0) is 4.74 Å². The highest BCUT2D eigenvalue weighted by Gasteiger charge is 2.46. The molecule has 0 bridgehead atoms. The standard InChI is InChI=1S/C24H39N3O5SSi/c1-13(2)24(5,6)34(9,10)32-18-12-17(29-7)14(3)20(23(28)30-8)21(18)19(33)11-16(25)22-26-15(4)27-31-22/h12-13,16,19,33H,11,25H2,1-10H3/t16?,19-/m1/s1. The molecule has 2 aromatic rings. The summed E-state index contributed by atoms with van der Waals surface area (Å²) in [5, 5.41) is 3.29. The molecule has 0 radical (unpaired) electrons. The Morgan fingerprint density at radius 1 is 1.24 bits per heavy atom. The Kier molecular flexibility index (Phi) is 8.87. The van der Waals surface area contributed by atoms with Gasteiger partial charge in [-0.05, 0) is 44.3 Å². The SMILES string of the molecule is COC(=O)c1c(C)c(OC)cc(O[Si](C)(C)C(C)(C)C(C)C)c1[C@H](S)CC(N)c1nc(C)no1. The molecule has 190 valence electrons. The Morgan fingerprint density at radius 2 is 1.85 bits per heavy atom. The number of benzene rings is 1. The molecule has 1 aromatic heterocycles. The maximum Gasteiger partial charge on any atom is 0.338 e. The summed E-state index contributed by atoms with van der Waals surface area (Å²) < 4.78 is 22.8. The Hall–Kier alpha value is -2.04. The van der Waals surface area contributed by atoms with Gasteiger partial charge in [-0.2, -0.15) is 17.6 Å². The molecule has 8 nitrogen and oxygen atoms in total. The monoisotopic (exact) mass is 509 g/mol. The number of methoxy groups -OCH3 is 2. The number of carbonyl (C=O) groups excluding carboxylic acids is 1. The van der Waals surface area contributed by atoms with Crippen LogP contribution in [-0.4, -0.2) is 38.6 Å². The molecule has 0 saturated heterocycles. The topological polar surface area (TPSA) is 110 Å². The normalized spacial score (nSPS) is 14.1. The van der Waals surface area contributed by atoms with Crippen LogP contribution in [0.25, 0.3) is 0 Å². The number of thiol groups is 1. The molecular formula is C24H39N3O5SSi. The number of aromatic nitrogens is 2. The van der Waals surface area contributed by atoms with Gasteiger partial charge >= 0.3 is 5.97 Å². The maximum absolute atomic E-state index is 13.0. The molecule has 2 rings (SSSR count). The van der Waals surface area contributed by atoms with Crippen molar-refractivity contribution in [3.8, 4) is 11.5 Å². The Morgan fingerprint density at radius 3 is 2.32 bits per heavy atom. The van der Waals surface area contributed by atoms with Crippen LogP contribution in [0.15, 0.2) is 10.6 Å². The molecule has 0 aliphatic heterocycles. The summed E-state index contributed by atoms with van der Waals surface area (Å²) >= 11 is 4.88. The fourth-order valence-corrected chi connectivity index (χ4v) is 6.63. The lowest BCUT2D eigenvalue weighted by molar-refractivity contribution is 0.0597. The maximum atomic E-state index is 13.0. The van der Waals surface area contributed by atoms with Crippen LogP contribution in [0.2, 0.25) is 18.1 Å². The lowest BCUT2D eigenvalue weighted by Gasteiger charge is -2.43. The molecule has 0 aliphatic rings. The van der Waals surface area contributed by atoms with Crippen LogP contribution >= 0.6 is 12.6 Å². The number of hydrogen-bond donors (Lipinski definition) is 2. The van der Waals surface area contributed by atoms with Crippen LogP contribution in [0.5, 0.6) is 11.5 Å². The van der Waals surface area contributed by atoms with Crippen molar-refractivity contribution in [2.24, 2.45) is 11.7 Å². The summed E-state index contributed by atoms with van der Waals surface area (Å²) in [7, 11) is 0.575. The van der Waals surface area contributed by atoms with E-state index in [0.29, 0.717) is 52.2 Å². The quantitative estimate of drug-likeness (QED) is 0.243. The van der Waals surface area contributed by atoms with Crippen molar-refractivity contribution in [1.82, 2.24) is 10.1 Å². The Labute approximate surface area is 209 Å². The highest BCUT2D eigenvalue weighted by atomic mass is 32.1. The fourth-order valence-electron chi connectivity index (χ4n) is 3.77. The van der Waals surface area contributed by atoms with Crippen LogP contribution in [0.3, 0.4) is 0 Å². The Balaban J connectivity index is 2.67. The molecule has 2 atom stereocenters. The number of aryl methyl sites for hydroxylation is 1. The van der Waals surface area contributed by atoms with Crippen molar-refractivity contribution in [2.45, 2.75) is 77.4 Å². The molecule has 1 aromatic carbocycles. The van der Waals surface area contributed by atoms with Crippen LogP contribution < -0.4 is 14.9 Å². The van der Waals surface area contributed by atoms with Crippen molar-refractivity contribution in [2.75, 3.05) is 14.2 Å². The minimum absolute atomic E-state index is 0.0579. The predicted octanol–water partition coefficient (Wildman–Crippen LogP) is 5.56. The average Bonchev–Trinajstić information content (AvgIpc) is 3.19. The van der Waals surface area contributed by atoms with E-state index in [2.05, 4.69) is 50.9 Å².